The van der Waals surface area contributed by atoms with Gasteiger partial charge in [-0.2, -0.15) is 5.26 Å². The molecule has 0 fully saturated rings. The Balaban J connectivity index is 3.07. The van der Waals surface area contributed by atoms with Gasteiger partial charge in [0, 0.05) is 6.07 Å². The number of methoxy groups -OCH3 is 1. The van der Waals surface area contributed by atoms with Crippen molar-refractivity contribution in [1.82, 2.24) is 0 Å². The van der Waals surface area contributed by atoms with Crippen molar-refractivity contribution < 1.29 is 14.6 Å². The van der Waals surface area contributed by atoms with Gasteiger partial charge in [0.15, 0.2) is 0 Å². The molecule has 0 saturated heterocycles. The highest BCUT2D eigenvalue weighted by Crippen LogP contribution is 2.27. The van der Waals surface area contributed by atoms with E-state index in [2.05, 4.69) is 4.74 Å². The fraction of sp³-hybridized carbons (Fsp3) is 0.143. The van der Waals surface area contributed by atoms with Gasteiger partial charge in [-0.15, -0.1) is 11.3 Å². The summed E-state index contributed by atoms with van der Waals surface area (Å²) in [5, 5.41) is 17.5. The second kappa shape index (κ2) is 3.24. The molecule has 4 nitrogen and oxygen atoms in total. The second-order valence-electron chi connectivity index (χ2n) is 1.93. The van der Waals surface area contributed by atoms with E-state index >= 15 is 0 Å². The number of ether oxygens (including phenoxy) is 1. The van der Waals surface area contributed by atoms with E-state index in [1.54, 1.807) is 6.07 Å². The largest absolute Gasteiger partial charge is 0.506 e. The number of thiophene rings is 1. The van der Waals surface area contributed by atoms with Crippen molar-refractivity contribution in [2.75, 3.05) is 7.11 Å². The quantitative estimate of drug-likeness (QED) is 0.662. The van der Waals surface area contributed by atoms with Gasteiger partial charge in [0.25, 0.3) is 0 Å². The summed E-state index contributed by atoms with van der Waals surface area (Å²) in [6, 6.07) is 2.97. The smallest absolute Gasteiger partial charge is 0.348 e. The molecule has 5 heteroatoms. The fourth-order valence-corrected chi connectivity index (χ4v) is 1.43. The van der Waals surface area contributed by atoms with Crippen molar-refractivity contribution in [2.45, 2.75) is 0 Å². The van der Waals surface area contributed by atoms with Crippen molar-refractivity contribution in [2.24, 2.45) is 0 Å². The Bertz CT molecular complexity index is 350. The summed E-state index contributed by atoms with van der Waals surface area (Å²) in [6.07, 6.45) is 0. The van der Waals surface area contributed by atoms with Crippen molar-refractivity contribution in [1.29, 1.82) is 5.26 Å². The molecule has 0 aromatic carbocycles. The Morgan fingerprint density at radius 2 is 2.50 bits per heavy atom. The SMILES string of the molecule is COC(=O)c1cc(O)c(C#N)s1. The third-order valence-corrected chi connectivity index (χ3v) is 2.21. The highest BCUT2D eigenvalue weighted by atomic mass is 32.1. The van der Waals surface area contributed by atoms with Crippen LogP contribution in [0.2, 0.25) is 0 Å². The summed E-state index contributed by atoms with van der Waals surface area (Å²) in [5.74, 6) is -0.722. The molecule has 0 spiro atoms. The summed E-state index contributed by atoms with van der Waals surface area (Å²) >= 11 is 0.907. The number of nitriles is 1. The number of hydrogen-bond donors (Lipinski definition) is 1. The maximum Gasteiger partial charge on any atom is 0.348 e. The van der Waals surface area contributed by atoms with Crippen LogP contribution < -0.4 is 0 Å². The molecule has 0 radical (unpaired) electrons. The van der Waals surface area contributed by atoms with Crippen LogP contribution >= 0.6 is 11.3 Å². The van der Waals surface area contributed by atoms with Gasteiger partial charge in [-0.1, -0.05) is 0 Å². The van der Waals surface area contributed by atoms with Gasteiger partial charge in [-0.25, -0.2) is 4.79 Å². The van der Waals surface area contributed by atoms with E-state index in [1.807, 2.05) is 0 Å². The summed E-state index contributed by atoms with van der Waals surface area (Å²) in [5.41, 5.74) is 0. The zero-order chi connectivity index (χ0) is 9.14. The Kier molecular flexibility index (Phi) is 2.31. The first kappa shape index (κ1) is 8.56. The summed E-state index contributed by atoms with van der Waals surface area (Å²) in [7, 11) is 1.24. The van der Waals surface area contributed by atoms with Gasteiger partial charge in [0.05, 0.1) is 7.11 Å². The molecule has 62 valence electrons. The molecular formula is C7H5NO3S. The van der Waals surface area contributed by atoms with Gasteiger partial charge in [-0.3, -0.25) is 0 Å². The van der Waals surface area contributed by atoms with Crippen LogP contribution in [-0.2, 0) is 4.74 Å². The third kappa shape index (κ3) is 1.38. The lowest BCUT2D eigenvalue weighted by molar-refractivity contribution is 0.0606. The summed E-state index contributed by atoms with van der Waals surface area (Å²) in [4.78, 5) is 11.2. The molecule has 0 amide bonds. The van der Waals surface area contributed by atoms with E-state index in [0.717, 1.165) is 11.3 Å². The van der Waals surface area contributed by atoms with Crippen molar-refractivity contribution >= 4 is 17.3 Å². The molecule has 1 heterocycles. The number of carbonyl (C=O) groups excluding carboxylic acids is 1. The molecule has 1 aromatic rings. The number of aromatic hydroxyl groups is 1. The minimum Gasteiger partial charge on any atom is -0.506 e. The van der Waals surface area contributed by atoms with Gasteiger partial charge < -0.3 is 9.84 Å². The van der Waals surface area contributed by atoms with Gasteiger partial charge in [0.2, 0.25) is 0 Å². The Morgan fingerprint density at radius 1 is 1.83 bits per heavy atom. The van der Waals surface area contributed by atoms with Gasteiger partial charge in [-0.05, 0) is 0 Å². The van der Waals surface area contributed by atoms with Crippen LogP contribution in [0.3, 0.4) is 0 Å². The molecule has 0 atom stereocenters. The lowest BCUT2D eigenvalue weighted by atomic mass is 10.4. The molecule has 1 aromatic heterocycles. The second-order valence-corrected chi connectivity index (χ2v) is 2.98. The molecule has 12 heavy (non-hydrogen) atoms. The normalized spacial score (nSPS) is 9.00. The van der Waals surface area contributed by atoms with E-state index in [1.165, 1.54) is 13.2 Å². The predicted octanol–water partition coefficient (Wildman–Crippen LogP) is 1.11. The molecule has 0 unspecified atom stereocenters. The number of carbonyl (C=O) groups is 1. The minimum absolute atomic E-state index is 0.121. The molecule has 1 rings (SSSR count). The number of rotatable bonds is 1. The third-order valence-electron chi connectivity index (χ3n) is 1.20. The summed E-state index contributed by atoms with van der Waals surface area (Å²) in [6.45, 7) is 0. The zero-order valence-corrected chi connectivity index (χ0v) is 7.01. The zero-order valence-electron chi connectivity index (χ0n) is 6.20. The molecule has 0 aliphatic rings. The van der Waals surface area contributed by atoms with Gasteiger partial charge >= 0.3 is 5.97 Å². The van der Waals surface area contributed by atoms with E-state index in [9.17, 15) is 4.79 Å². The number of hydrogen-bond acceptors (Lipinski definition) is 5. The fourth-order valence-electron chi connectivity index (χ4n) is 0.663. The van der Waals surface area contributed by atoms with Crippen LogP contribution in [0.15, 0.2) is 6.07 Å². The first-order valence-electron chi connectivity index (χ1n) is 3.00. The van der Waals surface area contributed by atoms with E-state index in [4.69, 9.17) is 10.4 Å². The highest BCUT2D eigenvalue weighted by Gasteiger charge is 2.13. The standard InChI is InChI=1S/C7H5NO3S/c1-11-7(10)5-2-4(9)6(3-8)12-5/h2,9H,1H3. The lowest BCUT2D eigenvalue weighted by Gasteiger charge is -1.90. The predicted molar refractivity (Wildman–Crippen MR) is 42.0 cm³/mol. The first-order valence-corrected chi connectivity index (χ1v) is 3.82. The average molecular weight is 183 g/mol. The van der Waals surface area contributed by atoms with Crippen molar-refractivity contribution in [3.8, 4) is 11.8 Å². The molecule has 0 aliphatic heterocycles. The average Bonchev–Trinajstić information content (AvgIpc) is 2.45. The molecule has 0 aliphatic carbocycles. The van der Waals surface area contributed by atoms with Gasteiger partial charge in [0.1, 0.15) is 21.6 Å². The highest BCUT2D eigenvalue weighted by molar-refractivity contribution is 7.14. The summed E-state index contributed by atoms with van der Waals surface area (Å²) < 4.78 is 4.40. The molecule has 0 saturated carbocycles. The van der Waals surface area contributed by atoms with Crippen molar-refractivity contribution in [3.63, 3.8) is 0 Å². The van der Waals surface area contributed by atoms with E-state index in [-0.39, 0.29) is 15.5 Å². The van der Waals surface area contributed by atoms with Crippen LogP contribution in [0.5, 0.6) is 5.75 Å². The maximum atomic E-state index is 10.9. The maximum absolute atomic E-state index is 10.9. The number of esters is 1. The topological polar surface area (TPSA) is 70.3 Å². The van der Waals surface area contributed by atoms with Crippen LogP contribution in [0.1, 0.15) is 14.5 Å². The van der Waals surface area contributed by atoms with Crippen LogP contribution in [0.4, 0.5) is 0 Å². The van der Waals surface area contributed by atoms with E-state index < -0.39 is 5.97 Å². The molecular weight excluding hydrogens is 178 g/mol. The first-order chi connectivity index (χ1) is 5.69. The minimum atomic E-state index is -0.545. The van der Waals surface area contributed by atoms with Crippen LogP contribution in [0, 0.1) is 11.3 Å². The van der Waals surface area contributed by atoms with Crippen LogP contribution in [0.25, 0.3) is 0 Å². The lowest BCUT2D eigenvalue weighted by Crippen LogP contribution is -1.96. The monoisotopic (exact) mass is 183 g/mol. The van der Waals surface area contributed by atoms with Crippen molar-refractivity contribution in [3.05, 3.63) is 15.8 Å². The Labute approximate surface area is 72.6 Å². The molecule has 1 N–H and O–H groups in total. The van der Waals surface area contributed by atoms with E-state index in [0.29, 0.717) is 0 Å². The van der Waals surface area contributed by atoms with Crippen LogP contribution in [-0.4, -0.2) is 18.2 Å². The Hall–Kier alpha value is -1.54. The molecule has 0 bridgehead atoms. The Morgan fingerprint density at radius 3 is 2.92 bits per heavy atom. The number of nitrogens with zero attached hydrogens (tertiary/aromatic N) is 1.